The summed E-state index contributed by atoms with van der Waals surface area (Å²) in [5, 5.41) is 17.7. The summed E-state index contributed by atoms with van der Waals surface area (Å²) in [6.45, 7) is 5.94. The van der Waals surface area contributed by atoms with Crippen LogP contribution in [0.15, 0.2) is 24.3 Å². The molecule has 0 saturated carbocycles. The Kier molecular flexibility index (Phi) is 6.04. The van der Waals surface area contributed by atoms with Crippen LogP contribution in [-0.2, 0) is 11.3 Å². The smallest absolute Gasteiger partial charge is 0.307 e. The second-order valence-corrected chi connectivity index (χ2v) is 4.78. The molecule has 19 heavy (non-hydrogen) atoms. The van der Waals surface area contributed by atoms with Crippen LogP contribution in [0.4, 0.5) is 0 Å². The average molecular weight is 260 g/mol. The number of nitrogens with zero attached hydrogens (tertiary/aromatic N) is 2. The van der Waals surface area contributed by atoms with Crippen molar-refractivity contribution in [1.29, 1.82) is 5.26 Å². The normalized spacial score (nSPS) is 12.1. The molecule has 0 bridgehead atoms. The van der Waals surface area contributed by atoms with Crippen LogP contribution in [0, 0.1) is 17.2 Å². The van der Waals surface area contributed by atoms with Crippen LogP contribution in [0.3, 0.4) is 0 Å². The van der Waals surface area contributed by atoms with E-state index in [0.29, 0.717) is 12.1 Å². The fourth-order valence-electron chi connectivity index (χ4n) is 1.96. The van der Waals surface area contributed by atoms with E-state index in [1.165, 1.54) is 0 Å². The summed E-state index contributed by atoms with van der Waals surface area (Å²) >= 11 is 0. The predicted octanol–water partition coefficient (Wildman–Crippen LogP) is 2.49. The van der Waals surface area contributed by atoms with Crippen molar-refractivity contribution in [3.63, 3.8) is 0 Å². The SMILES string of the molecule is CCCN(Cc1ccc(C#N)cc1)CC(C)C(=O)O. The number of carboxylic acid groups (broad SMARTS) is 1. The molecular weight excluding hydrogens is 240 g/mol. The number of carboxylic acids is 1. The summed E-state index contributed by atoms with van der Waals surface area (Å²) in [5.74, 6) is -1.13. The molecule has 0 aliphatic heterocycles. The van der Waals surface area contributed by atoms with Crippen LogP contribution in [0.25, 0.3) is 0 Å². The van der Waals surface area contributed by atoms with Gasteiger partial charge in [0.2, 0.25) is 0 Å². The summed E-state index contributed by atoms with van der Waals surface area (Å²) in [6, 6.07) is 9.52. The first-order valence-corrected chi connectivity index (χ1v) is 6.51. The maximum Gasteiger partial charge on any atom is 0.307 e. The molecule has 1 N–H and O–H groups in total. The lowest BCUT2D eigenvalue weighted by Crippen LogP contribution is -2.32. The van der Waals surface area contributed by atoms with Gasteiger partial charge in [0.25, 0.3) is 0 Å². The Hall–Kier alpha value is -1.86. The van der Waals surface area contributed by atoms with Crippen LogP contribution < -0.4 is 0 Å². The number of benzene rings is 1. The van der Waals surface area contributed by atoms with Crippen molar-refractivity contribution >= 4 is 5.97 Å². The summed E-state index contributed by atoms with van der Waals surface area (Å²) in [5.41, 5.74) is 1.75. The summed E-state index contributed by atoms with van der Waals surface area (Å²) < 4.78 is 0. The van der Waals surface area contributed by atoms with Crippen molar-refractivity contribution < 1.29 is 9.90 Å². The van der Waals surface area contributed by atoms with Crippen molar-refractivity contribution in [3.8, 4) is 6.07 Å². The van der Waals surface area contributed by atoms with Crippen LogP contribution in [0.5, 0.6) is 0 Å². The Balaban J connectivity index is 2.66. The van der Waals surface area contributed by atoms with Crippen molar-refractivity contribution in [2.45, 2.75) is 26.8 Å². The minimum absolute atomic E-state index is 0.370. The standard InChI is InChI=1S/C15H20N2O2/c1-3-8-17(10-12(2)15(18)19)11-14-6-4-13(9-16)5-7-14/h4-7,12H,3,8,10-11H2,1-2H3,(H,18,19). The van der Waals surface area contributed by atoms with Crippen molar-refractivity contribution in [1.82, 2.24) is 4.90 Å². The van der Waals surface area contributed by atoms with Gasteiger partial charge in [-0.05, 0) is 30.7 Å². The molecule has 1 unspecified atom stereocenters. The van der Waals surface area contributed by atoms with E-state index in [2.05, 4.69) is 17.9 Å². The minimum atomic E-state index is -0.763. The van der Waals surface area contributed by atoms with E-state index in [4.69, 9.17) is 10.4 Å². The molecule has 0 amide bonds. The summed E-state index contributed by atoms with van der Waals surface area (Å²) in [7, 11) is 0. The summed E-state index contributed by atoms with van der Waals surface area (Å²) in [4.78, 5) is 13.1. The number of rotatable bonds is 7. The number of hydrogen-bond donors (Lipinski definition) is 1. The van der Waals surface area contributed by atoms with E-state index in [-0.39, 0.29) is 5.92 Å². The lowest BCUT2D eigenvalue weighted by atomic mass is 10.1. The number of nitriles is 1. The fraction of sp³-hybridized carbons (Fsp3) is 0.467. The first-order chi connectivity index (χ1) is 9.06. The molecule has 1 atom stereocenters. The fourth-order valence-corrected chi connectivity index (χ4v) is 1.96. The van der Waals surface area contributed by atoms with Gasteiger partial charge in [0.05, 0.1) is 17.6 Å². The topological polar surface area (TPSA) is 64.3 Å². The molecule has 4 heteroatoms. The number of carbonyl (C=O) groups is 1. The molecule has 1 aromatic rings. The molecule has 1 rings (SSSR count). The van der Waals surface area contributed by atoms with Gasteiger partial charge in [0, 0.05) is 13.1 Å². The van der Waals surface area contributed by atoms with Gasteiger partial charge in [-0.3, -0.25) is 9.69 Å². The van der Waals surface area contributed by atoms with E-state index in [1.807, 2.05) is 12.1 Å². The van der Waals surface area contributed by atoms with Gasteiger partial charge in [0.1, 0.15) is 0 Å². The van der Waals surface area contributed by atoms with E-state index in [0.717, 1.165) is 25.1 Å². The molecule has 0 saturated heterocycles. The molecule has 0 fully saturated rings. The van der Waals surface area contributed by atoms with Gasteiger partial charge in [-0.2, -0.15) is 5.26 Å². The highest BCUT2D eigenvalue weighted by Gasteiger charge is 2.15. The molecule has 4 nitrogen and oxygen atoms in total. The molecule has 1 aromatic carbocycles. The van der Waals surface area contributed by atoms with E-state index in [9.17, 15) is 4.79 Å². The van der Waals surface area contributed by atoms with Crippen LogP contribution in [0.2, 0.25) is 0 Å². The minimum Gasteiger partial charge on any atom is -0.481 e. The molecule has 0 aliphatic rings. The lowest BCUT2D eigenvalue weighted by molar-refractivity contribution is -0.141. The Morgan fingerprint density at radius 2 is 2.05 bits per heavy atom. The second kappa shape index (κ2) is 7.55. The molecule has 0 aromatic heterocycles. The predicted molar refractivity (Wildman–Crippen MR) is 73.5 cm³/mol. The Morgan fingerprint density at radius 3 is 2.53 bits per heavy atom. The monoisotopic (exact) mass is 260 g/mol. The molecule has 0 radical (unpaired) electrons. The van der Waals surface area contributed by atoms with Gasteiger partial charge in [0.15, 0.2) is 0 Å². The molecule has 102 valence electrons. The molecule has 0 aliphatic carbocycles. The maximum absolute atomic E-state index is 10.9. The largest absolute Gasteiger partial charge is 0.481 e. The third-order valence-corrected chi connectivity index (χ3v) is 2.98. The zero-order chi connectivity index (χ0) is 14.3. The van der Waals surface area contributed by atoms with Gasteiger partial charge >= 0.3 is 5.97 Å². The molecule has 0 spiro atoms. The van der Waals surface area contributed by atoms with E-state index >= 15 is 0 Å². The highest BCUT2D eigenvalue weighted by atomic mass is 16.4. The zero-order valence-electron chi connectivity index (χ0n) is 11.5. The van der Waals surface area contributed by atoms with Crippen LogP contribution >= 0.6 is 0 Å². The zero-order valence-corrected chi connectivity index (χ0v) is 11.5. The lowest BCUT2D eigenvalue weighted by Gasteiger charge is -2.23. The van der Waals surface area contributed by atoms with E-state index in [1.54, 1.807) is 19.1 Å². The highest BCUT2D eigenvalue weighted by molar-refractivity contribution is 5.69. The van der Waals surface area contributed by atoms with Crippen LogP contribution in [0.1, 0.15) is 31.4 Å². The highest BCUT2D eigenvalue weighted by Crippen LogP contribution is 2.10. The number of aliphatic carboxylic acids is 1. The number of hydrogen-bond acceptors (Lipinski definition) is 3. The Bertz CT molecular complexity index is 448. The maximum atomic E-state index is 10.9. The molecule has 0 heterocycles. The first-order valence-electron chi connectivity index (χ1n) is 6.51. The average Bonchev–Trinajstić information content (AvgIpc) is 2.39. The Morgan fingerprint density at radius 1 is 1.42 bits per heavy atom. The summed E-state index contributed by atoms with van der Waals surface area (Å²) in [6.07, 6.45) is 0.989. The van der Waals surface area contributed by atoms with Gasteiger partial charge in [-0.15, -0.1) is 0 Å². The van der Waals surface area contributed by atoms with Gasteiger partial charge in [-0.25, -0.2) is 0 Å². The third kappa shape index (κ3) is 5.11. The van der Waals surface area contributed by atoms with Crippen molar-refractivity contribution in [2.24, 2.45) is 5.92 Å². The third-order valence-electron chi connectivity index (χ3n) is 2.98. The van der Waals surface area contributed by atoms with Crippen molar-refractivity contribution in [2.75, 3.05) is 13.1 Å². The second-order valence-electron chi connectivity index (χ2n) is 4.78. The van der Waals surface area contributed by atoms with E-state index < -0.39 is 5.97 Å². The quantitative estimate of drug-likeness (QED) is 0.818. The van der Waals surface area contributed by atoms with Crippen molar-refractivity contribution in [3.05, 3.63) is 35.4 Å². The molecular formula is C15H20N2O2. The van der Waals surface area contributed by atoms with Gasteiger partial charge < -0.3 is 5.11 Å². The van der Waals surface area contributed by atoms with Gasteiger partial charge in [-0.1, -0.05) is 26.0 Å². The Labute approximate surface area is 114 Å². The first kappa shape index (κ1) is 15.2. The van der Waals surface area contributed by atoms with Crippen LogP contribution in [-0.4, -0.2) is 29.1 Å².